The van der Waals surface area contributed by atoms with Crippen molar-refractivity contribution >= 4 is 5.57 Å². The summed E-state index contributed by atoms with van der Waals surface area (Å²) in [4.78, 5) is 0. The van der Waals surface area contributed by atoms with Crippen molar-refractivity contribution in [1.29, 1.82) is 0 Å². The minimum Gasteiger partial charge on any atom is -0.0766 e. The maximum atomic E-state index is 2.32. The van der Waals surface area contributed by atoms with Gasteiger partial charge in [0.2, 0.25) is 0 Å². The molecule has 0 N–H and O–H groups in total. The zero-order chi connectivity index (χ0) is 11.7. The van der Waals surface area contributed by atoms with Crippen molar-refractivity contribution in [1.82, 2.24) is 0 Å². The molecule has 84 valence electrons. The highest BCUT2D eigenvalue weighted by atomic mass is 14.3. The average molecular weight is 220 g/mol. The number of allylic oxidation sites excluding steroid dienone is 8. The van der Waals surface area contributed by atoms with Gasteiger partial charge in [0.25, 0.3) is 0 Å². The third-order valence-electron chi connectivity index (χ3n) is 3.62. The topological polar surface area (TPSA) is 0 Å². The second kappa shape index (κ2) is 4.21. The SMILES string of the molecule is CC1=C(c2ccccc2)C2C=CC1/C=C\C=C\2. The Morgan fingerprint density at radius 3 is 2.18 bits per heavy atom. The molecule has 2 bridgehead atoms. The van der Waals surface area contributed by atoms with Gasteiger partial charge in [0.15, 0.2) is 0 Å². The van der Waals surface area contributed by atoms with Crippen molar-refractivity contribution in [2.75, 3.05) is 0 Å². The van der Waals surface area contributed by atoms with Gasteiger partial charge in [-0.2, -0.15) is 0 Å². The Bertz CT molecular complexity index is 526. The van der Waals surface area contributed by atoms with Crippen LogP contribution in [0.2, 0.25) is 0 Å². The molecule has 0 spiro atoms. The van der Waals surface area contributed by atoms with Gasteiger partial charge in [-0.05, 0) is 18.1 Å². The number of rotatable bonds is 1. The Labute approximate surface area is 103 Å². The van der Waals surface area contributed by atoms with Crippen LogP contribution in [-0.4, -0.2) is 0 Å². The highest BCUT2D eigenvalue weighted by Gasteiger charge is 2.21. The number of hydrogen-bond donors (Lipinski definition) is 0. The fraction of sp³-hybridized carbons (Fsp3) is 0.176. The second-order valence-corrected chi connectivity index (χ2v) is 4.67. The van der Waals surface area contributed by atoms with E-state index in [0.29, 0.717) is 11.8 Å². The lowest BCUT2D eigenvalue weighted by Gasteiger charge is -2.27. The van der Waals surface area contributed by atoms with E-state index in [1.807, 2.05) is 0 Å². The standard InChI is InChI=1S/C17H16/c1-13-14-7-5-6-10-16(12-11-14)17(13)15-8-3-2-4-9-15/h2-12,14,16H,1H3/b7-5-,10-6+. The van der Waals surface area contributed by atoms with E-state index in [4.69, 9.17) is 0 Å². The Hall–Kier alpha value is -1.82. The van der Waals surface area contributed by atoms with Crippen LogP contribution in [-0.2, 0) is 0 Å². The molecule has 0 fully saturated rings. The number of benzene rings is 1. The Balaban J connectivity index is 2.16. The lowest BCUT2D eigenvalue weighted by Crippen LogP contribution is -2.11. The summed E-state index contributed by atoms with van der Waals surface area (Å²) in [5.41, 5.74) is 4.30. The van der Waals surface area contributed by atoms with Crippen molar-refractivity contribution < 1.29 is 0 Å². The van der Waals surface area contributed by atoms with E-state index in [9.17, 15) is 0 Å². The fourth-order valence-electron chi connectivity index (χ4n) is 2.70. The molecule has 0 aliphatic heterocycles. The van der Waals surface area contributed by atoms with Crippen LogP contribution >= 0.6 is 0 Å². The third-order valence-corrected chi connectivity index (χ3v) is 3.62. The molecule has 0 heterocycles. The summed E-state index contributed by atoms with van der Waals surface area (Å²) in [5.74, 6) is 0.894. The van der Waals surface area contributed by atoms with Crippen LogP contribution in [0.5, 0.6) is 0 Å². The van der Waals surface area contributed by atoms with E-state index in [2.05, 4.69) is 73.7 Å². The number of hydrogen-bond acceptors (Lipinski definition) is 0. The van der Waals surface area contributed by atoms with E-state index in [0.717, 1.165) is 0 Å². The monoisotopic (exact) mass is 220 g/mol. The highest BCUT2D eigenvalue weighted by Crippen LogP contribution is 2.38. The molecule has 3 aliphatic rings. The van der Waals surface area contributed by atoms with Gasteiger partial charge in [-0.3, -0.25) is 0 Å². The molecule has 3 aliphatic carbocycles. The summed E-state index contributed by atoms with van der Waals surface area (Å²) in [7, 11) is 0. The van der Waals surface area contributed by atoms with Gasteiger partial charge in [-0.15, -0.1) is 0 Å². The smallest absolute Gasteiger partial charge is 0.0207 e. The first-order valence-electron chi connectivity index (χ1n) is 6.15. The summed E-state index contributed by atoms with van der Waals surface area (Å²) in [6.45, 7) is 2.26. The predicted molar refractivity (Wildman–Crippen MR) is 73.4 cm³/mol. The van der Waals surface area contributed by atoms with Gasteiger partial charge >= 0.3 is 0 Å². The number of fused-ring (bicyclic) bond motifs is 1. The minimum absolute atomic E-state index is 0.429. The van der Waals surface area contributed by atoms with E-state index < -0.39 is 0 Å². The van der Waals surface area contributed by atoms with Gasteiger partial charge in [0.05, 0.1) is 0 Å². The summed E-state index contributed by atoms with van der Waals surface area (Å²) in [6, 6.07) is 10.7. The Kier molecular flexibility index (Phi) is 2.56. The maximum absolute atomic E-state index is 2.32. The molecule has 1 aromatic rings. The van der Waals surface area contributed by atoms with Crippen LogP contribution in [0.25, 0.3) is 5.57 Å². The molecule has 4 rings (SSSR count). The van der Waals surface area contributed by atoms with E-state index >= 15 is 0 Å². The maximum Gasteiger partial charge on any atom is 0.0207 e. The first-order chi connectivity index (χ1) is 8.36. The molecule has 0 heteroatoms. The molecule has 0 aromatic heterocycles. The molecule has 2 atom stereocenters. The molecule has 0 radical (unpaired) electrons. The summed E-state index contributed by atoms with van der Waals surface area (Å²) in [6.07, 6.45) is 13.5. The molecular formula is C17H16. The van der Waals surface area contributed by atoms with Crippen molar-refractivity contribution in [3.8, 4) is 0 Å². The summed E-state index contributed by atoms with van der Waals surface area (Å²) < 4.78 is 0. The van der Waals surface area contributed by atoms with Crippen LogP contribution in [0, 0.1) is 11.8 Å². The normalized spacial score (nSPS) is 29.9. The van der Waals surface area contributed by atoms with Crippen LogP contribution in [0.4, 0.5) is 0 Å². The lowest BCUT2D eigenvalue weighted by molar-refractivity contribution is 0.882. The fourth-order valence-corrected chi connectivity index (χ4v) is 2.70. The van der Waals surface area contributed by atoms with Crippen molar-refractivity contribution in [2.45, 2.75) is 6.92 Å². The van der Waals surface area contributed by atoms with Crippen LogP contribution in [0.15, 0.2) is 72.4 Å². The first-order valence-corrected chi connectivity index (χ1v) is 6.15. The van der Waals surface area contributed by atoms with E-state index in [1.54, 1.807) is 0 Å². The average Bonchev–Trinajstić information content (AvgIpc) is 2.32. The largest absolute Gasteiger partial charge is 0.0766 e. The molecular weight excluding hydrogens is 204 g/mol. The molecule has 0 amide bonds. The predicted octanol–water partition coefficient (Wildman–Crippen LogP) is 4.39. The molecule has 0 nitrogen and oxygen atoms in total. The third kappa shape index (κ3) is 1.80. The van der Waals surface area contributed by atoms with E-state index in [-0.39, 0.29) is 0 Å². The van der Waals surface area contributed by atoms with Crippen molar-refractivity contribution in [2.24, 2.45) is 11.8 Å². The van der Waals surface area contributed by atoms with Gasteiger partial charge in [0.1, 0.15) is 0 Å². The zero-order valence-electron chi connectivity index (χ0n) is 10.0. The minimum atomic E-state index is 0.429. The van der Waals surface area contributed by atoms with Crippen LogP contribution in [0.3, 0.4) is 0 Å². The molecule has 1 aromatic carbocycles. The van der Waals surface area contributed by atoms with Gasteiger partial charge < -0.3 is 0 Å². The van der Waals surface area contributed by atoms with Crippen molar-refractivity contribution in [3.63, 3.8) is 0 Å². The van der Waals surface area contributed by atoms with Crippen LogP contribution in [0.1, 0.15) is 12.5 Å². The molecule has 0 saturated heterocycles. The molecule has 0 saturated carbocycles. The Morgan fingerprint density at radius 1 is 0.765 bits per heavy atom. The van der Waals surface area contributed by atoms with E-state index in [1.165, 1.54) is 16.7 Å². The summed E-state index contributed by atoms with van der Waals surface area (Å²) in [5, 5.41) is 0. The van der Waals surface area contributed by atoms with Crippen LogP contribution < -0.4 is 0 Å². The summed E-state index contributed by atoms with van der Waals surface area (Å²) >= 11 is 0. The lowest BCUT2D eigenvalue weighted by atomic mass is 9.78. The van der Waals surface area contributed by atoms with Gasteiger partial charge in [-0.25, -0.2) is 0 Å². The van der Waals surface area contributed by atoms with Gasteiger partial charge in [0, 0.05) is 11.8 Å². The quantitative estimate of drug-likeness (QED) is 0.616. The first kappa shape index (κ1) is 10.3. The van der Waals surface area contributed by atoms with Gasteiger partial charge in [-0.1, -0.05) is 72.4 Å². The van der Waals surface area contributed by atoms with Crippen molar-refractivity contribution in [3.05, 3.63) is 77.9 Å². The molecule has 2 unspecified atom stereocenters. The Morgan fingerprint density at radius 2 is 1.41 bits per heavy atom. The molecule has 17 heavy (non-hydrogen) atoms. The highest BCUT2D eigenvalue weighted by molar-refractivity contribution is 5.75. The zero-order valence-corrected chi connectivity index (χ0v) is 10.0. The second-order valence-electron chi connectivity index (χ2n) is 4.67.